The second kappa shape index (κ2) is 11.0. The van der Waals surface area contributed by atoms with E-state index in [1.807, 2.05) is 91.9 Å². The maximum atomic E-state index is 13.9. The van der Waals surface area contributed by atoms with E-state index in [4.69, 9.17) is 9.47 Å². The van der Waals surface area contributed by atoms with Gasteiger partial charge in [0.2, 0.25) is 12.7 Å². The fourth-order valence-corrected chi connectivity index (χ4v) is 4.38. The third-order valence-corrected chi connectivity index (χ3v) is 6.31. The molecule has 4 aromatic rings. The van der Waals surface area contributed by atoms with Gasteiger partial charge in [0.05, 0.1) is 6.42 Å². The topological polar surface area (TPSA) is 67.9 Å². The number of aryl methyl sites for hydroxylation is 1. The molecule has 0 fully saturated rings. The van der Waals surface area contributed by atoms with E-state index in [0.717, 1.165) is 22.3 Å². The minimum Gasteiger partial charge on any atom is -0.454 e. The van der Waals surface area contributed by atoms with Crippen molar-refractivity contribution in [1.29, 1.82) is 0 Å². The van der Waals surface area contributed by atoms with Crippen LogP contribution in [-0.2, 0) is 22.6 Å². The monoisotopic (exact) mass is 492 g/mol. The number of hydrogen-bond acceptors (Lipinski definition) is 4. The Morgan fingerprint density at radius 1 is 0.811 bits per heavy atom. The molecule has 1 heterocycles. The Labute approximate surface area is 216 Å². The highest BCUT2D eigenvalue weighted by atomic mass is 16.7. The zero-order chi connectivity index (χ0) is 25.6. The molecule has 0 radical (unpaired) electrons. The lowest BCUT2D eigenvalue weighted by atomic mass is 10.00. The number of fused-ring (bicyclic) bond motifs is 1. The van der Waals surface area contributed by atoms with Crippen LogP contribution in [0.4, 0.5) is 5.69 Å². The van der Waals surface area contributed by atoms with Gasteiger partial charge in [-0.05, 0) is 35.7 Å². The molecule has 0 bridgehead atoms. The van der Waals surface area contributed by atoms with Gasteiger partial charge in [0, 0.05) is 18.3 Å². The molecule has 6 nitrogen and oxygen atoms in total. The second-order valence-electron chi connectivity index (χ2n) is 9.04. The van der Waals surface area contributed by atoms with Crippen LogP contribution in [0, 0.1) is 6.92 Å². The summed E-state index contributed by atoms with van der Waals surface area (Å²) in [5.41, 5.74) is 4.22. The van der Waals surface area contributed by atoms with Crippen molar-refractivity contribution in [2.75, 3.05) is 12.1 Å². The molecule has 186 valence electrons. The SMILES string of the molecule is Cc1ccc(C(C(=O)Nc2ccc3c(c2)OCO3)N(Cc2ccccc2)C(=O)Cc2ccccc2)cc1. The van der Waals surface area contributed by atoms with E-state index in [9.17, 15) is 9.59 Å². The van der Waals surface area contributed by atoms with Gasteiger partial charge in [-0.1, -0.05) is 90.5 Å². The number of nitrogens with one attached hydrogen (secondary N) is 1. The van der Waals surface area contributed by atoms with Crippen LogP contribution >= 0.6 is 0 Å². The fourth-order valence-electron chi connectivity index (χ4n) is 4.38. The minimum atomic E-state index is -0.845. The van der Waals surface area contributed by atoms with E-state index in [1.54, 1.807) is 23.1 Å². The van der Waals surface area contributed by atoms with Crippen LogP contribution in [0.2, 0.25) is 0 Å². The molecule has 1 N–H and O–H groups in total. The quantitative estimate of drug-likeness (QED) is 0.344. The van der Waals surface area contributed by atoms with E-state index >= 15 is 0 Å². The number of hydrogen-bond donors (Lipinski definition) is 1. The second-order valence-corrected chi connectivity index (χ2v) is 9.04. The molecule has 0 spiro atoms. The van der Waals surface area contributed by atoms with E-state index < -0.39 is 6.04 Å². The summed E-state index contributed by atoms with van der Waals surface area (Å²) < 4.78 is 10.9. The van der Waals surface area contributed by atoms with Gasteiger partial charge in [0.1, 0.15) is 6.04 Å². The highest BCUT2D eigenvalue weighted by Gasteiger charge is 2.32. The van der Waals surface area contributed by atoms with Crippen molar-refractivity contribution in [2.45, 2.75) is 25.9 Å². The summed E-state index contributed by atoms with van der Waals surface area (Å²) in [4.78, 5) is 29.4. The first kappa shape index (κ1) is 24.1. The van der Waals surface area contributed by atoms with Crippen LogP contribution < -0.4 is 14.8 Å². The number of carbonyl (C=O) groups excluding carboxylic acids is 2. The average Bonchev–Trinajstić information content (AvgIpc) is 3.38. The Hall–Kier alpha value is -4.58. The van der Waals surface area contributed by atoms with Gasteiger partial charge >= 0.3 is 0 Å². The molecule has 0 saturated carbocycles. The zero-order valence-electron chi connectivity index (χ0n) is 20.6. The smallest absolute Gasteiger partial charge is 0.251 e. The van der Waals surface area contributed by atoms with Crippen molar-refractivity contribution in [1.82, 2.24) is 4.90 Å². The molecule has 0 aliphatic carbocycles. The molecule has 6 heteroatoms. The standard InChI is InChI=1S/C31H28N2O4/c1-22-12-14-25(15-13-22)30(31(35)32-26-16-17-27-28(19-26)37-21-36-27)33(20-24-10-6-3-7-11-24)29(34)18-23-8-4-2-5-9-23/h2-17,19,30H,18,20-21H2,1H3,(H,32,35). The summed E-state index contributed by atoms with van der Waals surface area (Å²) in [5, 5.41) is 3.00. The highest BCUT2D eigenvalue weighted by Crippen LogP contribution is 2.35. The van der Waals surface area contributed by atoms with Crippen LogP contribution in [0.25, 0.3) is 0 Å². The van der Waals surface area contributed by atoms with Gasteiger partial charge in [-0.2, -0.15) is 0 Å². The van der Waals surface area contributed by atoms with Crippen molar-refractivity contribution in [3.63, 3.8) is 0 Å². The summed E-state index contributed by atoms with van der Waals surface area (Å²) in [6, 6.07) is 31.5. The van der Waals surface area contributed by atoms with Crippen LogP contribution in [0.15, 0.2) is 103 Å². The maximum absolute atomic E-state index is 13.9. The predicted molar refractivity (Wildman–Crippen MR) is 142 cm³/mol. The van der Waals surface area contributed by atoms with E-state index in [0.29, 0.717) is 23.7 Å². The predicted octanol–water partition coefficient (Wildman–Crippen LogP) is 5.68. The average molecular weight is 493 g/mol. The third kappa shape index (κ3) is 5.81. The first-order valence-electron chi connectivity index (χ1n) is 12.2. The molecule has 1 aliphatic rings. The molecule has 4 aromatic carbocycles. The van der Waals surface area contributed by atoms with Gasteiger partial charge in [-0.15, -0.1) is 0 Å². The number of carbonyl (C=O) groups is 2. The number of ether oxygens (including phenoxy) is 2. The zero-order valence-corrected chi connectivity index (χ0v) is 20.6. The number of nitrogens with zero attached hydrogens (tertiary/aromatic N) is 1. The molecular weight excluding hydrogens is 464 g/mol. The summed E-state index contributed by atoms with van der Waals surface area (Å²) in [7, 11) is 0. The first-order chi connectivity index (χ1) is 18.1. The molecule has 0 saturated heterocycles. The lowest BCUT2D eigenvalue weighted by Crippen LogP contribution is -2.41. The van der Waals surface area contributed by atoms with Crippen molar-refractivity contribution >= 4 is 17.5 Å². The van der Waals surface area contributed by atoms with Crippen LogP contribution in [0.1, 0.15) is 28.3 Å². The number of anilines is 1. The summed E-state index contributed by atoms with van der Waals surface area (Å²) in [6.07, 6.45) is 0.188. The molecule has 1 unspecified atom stereocenters. The van der Waals surface area contributed by atoms with Gasteiger partial charge in [-0.25, -0.2) is 0 Å². The number of amides is 2. The fraction of sp³-hybridized carbons (Fsp3) is 0.161. The van der Waals surface area contributed by atoms with E-state index in [-0.39, 0.29) is 25.0 Å². The lowest BCUT2D eigenvalue weighted by Gasteiger charge is -2.32. The molecule has 0 aromatic heterocycles. The van der Waals surface area contributed by atoms with Gasteiger partial charge in [0.25, 0.3) is 5.91 Å². The van der Waals surface area contributed by atoms with Crippen molar-refractivity contribution in [3.8, 4) is 11.5 Å². The Balaban J connectivity index is 1.51. The maximum Gasteiger partial charge on any atom is 0.251 e. The van der Waals surface area contributed by atoms with Crippen molar-refractivity contribution in [3.05, 3.63) is 125 Å². The first-order valence-corrected chi connectivity index (χ1v) is 12.2. The minimum absolute atomic E-state index is 0.138. The summed E-state index contributed by atoms with van der Waals surface area (Å²) >= 11 is 0. The number of rotatable bonds is 8. The lowest BCUT2D eigenvalue weighted by molar-refractivity contribution is -0.139. The highest BCUT2D eigenvalue weighted by molar-refractivity contribution is 5.98. The molecule has 5 rings (SSSR count). The van der Waals surface area contributed by atoms with Crippen molar-refractivity contribution in [2.24, 2.45) is 0 Å². The van der Waals surface area contributed by atoms with Crippen LogP contribution in [0.3, 0.4) is 0 Å². The van der Waals surface area contributed by atoms with Crippen LogP contribution in [0.5, 0.6) is 11.5 Å². The largest absolute Gasteiger partial charge is 0.454 e. The van der Waals surface area contributed by atoms with E-state index in [2.05, 4.69) is 5.32 Å². The van der Waals surface area contributed by atoms with Crippen LogP contribution in [-0.4, -0.2) is 23.5 Å². The Morgan fingerprint density at radius 3 is 2.16 bits per heavy atom. The normalized spacial score (nSPS) is 12.6. The summed E-state index contributed by atoms with van der Waals surface area (Å²) in [5.74, 6) is 0.768. The molecule has 37 heavy (non-hydrogen) atoms. The third-order valence-electron chi connectivity index (χ3n) is 6.31. The Bertz CT molecular complexity index is 1370. The summed E-state index contributed by atoms with van der Waals surface area (Å²) in [6.45, 7) is 2.44. The molecule has 1 atom stereocenters. The Kier molecular flexibility index (Phi) is 7.17. The van der Waals surface area contributed by atoms with Gasteiger partial charge < -0.3 is 19.7 Å². The molecule has 1 aliphatic heterocycles. The van der Waals surface area contributed by atoms with Crippen molar-refractivity contribution < 1.29 is 19.1 Å². The van der Waals surface area contributed by atoms with Gasteiger partial charge in [-0.3, -0.25) is 9.59 Å². The number of benzene rings is 4. The molecule has 2 amide bonds. The Morgan fingerprint density at radius 2 is 1.46 bits per heavy atom. The van der Waals surface area contributed by atoms with Gasteiger partial charge in [0.15, 0.2) is 11.5 Å². The van der Waals surface area contributed by atoms with E-state index in [1.165, 1.54) is 0 Å². The molecular formula is C31H28N2O4.